The second-order valence-corrected chi connectivity index (χ2v) is 3.73. The number of fused-ring (bicyclic) bond motifs is 1. The molecule has 0 bridgehead atoms. The molecule has 0 amide bonds. The van der Waals surface area contributed by atoms with Crippen molar-refractivity contribution >= 4 is 0 Å². The lowest BCUT2D eigenvalue weighted by Gasteiger charge is -2.11. The van der Waals surface area contributed by atoms with Gasteiger partial charge in [-0.05, 0) is 23.2 Å². The summed E-state index contributed by atoms with van der Waals surface area (Å²) in [7, 11) is 0. The first-order valence-electron chi connectivity index (χ1n) is 3.15. The summed E-state index contributed by atoms with van der Waals surface area (Å²) in [6.07, 6.45) is 0. The maximum atomic E-state index is 2.38. The Morgan fingerprint density at radius 2 is 1.57 bits per heavy atom. The van der Waals surface area contributed by atoms with E-state index in [9.17, 15) is 0 Å². The Kier molecular flexibility index (Phi) is 0.375. The molecule has 2 unspecified atom stereocenters. The van der Waals surface area contributed by atoms with Gasteiger partial charge in [0.25, 0.3) is 0 Å². The molecule has 0 heterocycles. The fourth-order valence-electron chi connectivity index (χ4n) is 2.42. The molecule has 0 aromatic carbocycles. The first kappa shape index (κ1) is 3.94. The predicted molar refractivity (Wildman–Crippen MR) is 29.9 cm³/mol. The molecule has 2 atom stereocenters. The van der Waals surface area contributed by atoms with Crippen LogP contribution in [0.4, 0.5) is 0 Å². The van der Waals surface area contributed by atoms with Crippen LogP contribution in [0.3, 0.4) is 0 Å². The Morgan fingerprint density at radius 1 is 1.14 bits per heavy atom. The van der Waals surface area contributed by atoms with Crippen LogP contribution in [0.25, 0.3) is 0 Å². The number of hydrogen-bond acceptors (Lipinski definition) is 0. The first-order valence-corrected chi connectivity index (χ1v) is 3.15. The third-order valence-electron chi connectivity index (χ3n) is 2.99. The van der Waals surface area contributed by atoms with Gasteiger partial charge in [0, 0.05) is 0 Å². The van der Waals surface area contributed by atoms with E-state index in [1.165, 1.54) is 0 Å². The third kappa shape index (κ3) is 0.240. The summed E-state index contributed by atoms with van der Waals surface area (Å²) >= 11 is 0. The highest BCUT2D eigenvalue weighted by molar-refractivity contribution is 5.23. The van der Waals surface area contributed by atoms with Gasteiger partial charge in [0.05, 0.1) is 0 Å². The Labute approximate surface area is 44.9 Å². The Bertz CT molecular complexity index is 101. The molecule has 2 aliphatic rings. The fraction of sp³-hybridized carbons (Fsp3) is 1.00. The largest absolute Gasteiger partial charge is 0.0619 e. The summed E-state index contributed by atoms with van der Waals surface area (Å²) in [6.45, 7) is 7.12. The normalized spacial score (nSPS) is 61.3. The molecular formula is C7H12. The topological polar surface area (TPSA) is 0 Å². The minimum Gasteiger partial charge on any atom is -0.0619 e. The highest BCUT2D eigenvalue weighted by atomic mass is 14.8. The van der Waals surface area contributed by atoms with Crippen LogP contribution < -0.4 is 0 Å². The lowest BCUT2D eigenvalue weighted by Crippen LogP contribution is -2.04. The lowest BCUT2D eigenvalue weighted by molar-refractivity contribution is 0.379. The first-order chi connectivity index (χ1) is 3.15. The van der Waals surface area contributed by atoms with E-state index in [2.05, 4.69) is 20.8 Å². The zero-order valence-corrected chi connectivity index (χ0v) is 5.23. The van der Waals surface area contributed by atoms with E-state index in [0.29, 0.717) is 0 Å². The average molecular weight is 96.2 g/mol. The molecule has 0 aromatic heterocycles. The highest BCUT2D eigenvalue weighted by Crippen LogP contribution is 2.80. The van der Waals surface area contributed by atoms with Gasteiger partial charge in [-0.25, -0.2) is 0 Å². The van der Waals surface area contributed by atoms with Gasteiger partial charge in [0.15, 0.2) is 0 Å². The molecule has 0 nitrogen and oxygen atoms in total. The summed E-state index contributed by atoms with van der Waals surface area (Å²) in [6, 6.07) is 0. The van der Waals surface area contributed by atoms with E-state index in [-0.39, 0.29) is 0 Å². The van der Waals surface area contributed by atoms with Crippen LogP contribution >= 0.6 is 0 Å². The minimum absolute atomic E-state index is 0.777. The molecule has 7 heavy (non-hydrogen) atoms. The maximum Gasteiger partial charge on any atom is -0.0286 e. The van der Waals surface area contributed by atoms with E-state index in [4.69, 9.17) is 0 Å². The summed E-state index contributed by atoms with van der Waals surface area (Å²) in [5.41, 5.74) is 0.777. The molecule has 0 spiro atoms. The molecule has 0 heteroatoms. The molecule has 2 saturated carbocycles. The van der Waals surface area contributed by atoms with E-state index < -0.39 is 0 Å². The van der Waals surface area contributed by atoms with Crippen LogP contribution in [-0.2, 0) is 0 Å². The van der Waals surface area contributed by atoms with Crippen LogP contribution in [0.2, 0.25) is 0 Å². The van der Waals surface area contributed by atoms with Crippen molar-refractivity contribution < 1.29 is 0 Å². The zero-order valence-electron chi connectivity index (χ0n) is 5.23. The molecule has 0 aliphatic heterocycles. The zero-order chi connectivity index (χ0) is 5.23. The molecule has 2 aliphatic carbocycles. The van der Waals surface area contributed by atoms with Crippen molar-refractivity contribution in [1.82, 2.24) is 0 Å². The van der Waals surface area contributed by atoms with Crippen molar-refractivity contribution in [3.05, 3.63) is 0 Å². The summed E-state index contributed by atoms with van der Waals surface area (Å²) in [4.78, 5) is 0. The summed E-state index contributed by atoms with van der Waals surface area (Å²) < 4.78 is 0. The van der Waals surface area contributed by atoms with Gasteiger partial charge in [0.2, 0.25) is 0 Å². The van der Waals surface area contributed by atoms with Crippen molar-refractivity contribution in [3.63, 3.8) is 0 Å². The molecular weight excluding hydrogens is 84.1 g/mol. The third-order valence-corrected chi connectivity index (χ3v) is 2.99. The second-order valence-electron chi connectivity index (χ2n) is 3.73. The van der Waals surface area contributed by atoms with Crippen molar-refractivity contribution in [2.24, 2.45) is 23.2 Å². The van der Waals surface area contributed by atoms with Crippen LogP contribution in [0.15, 0.2) is 0 Å². The Balaban J connectivity index is 2.10. The van der Waals surface area contributed by atoms with Gasteiger partial charge in [-0.3, -0.25) is 0 Å². The molecule has 0 aromatic rings. The fourth-order valence-corrected chi connectivity index (χ4v) is 2.42. The molecule has 2 rings (SSSR count). The van der Waals surface area contributed by atoms with E-state index >= 15 is 0 Å². The summed E-state index contributed by atoms with van der Waals surface area (Å²) in [5.74, 6) is 3.36. The summed E-state index contributed by atoms with van der Waals surface area (Å²) in [5, 5.41) is 0. The van der Waals surface area contributed by atoms with Crippen molar-refractivity contribution in [3.8, 4) is 0 Å². The van der Waals surface area contributed by atoms with E-state index in [1.54, 1.807) is 0 Å². The predicted octanol–water partition coefficient (Wildman–Crippen LogP) is 1.91. The smallest absolute Gasteiger partial charge is 0.0286 e. The standard InChI is InChI=1S/C7H12/c1-4-5-6(4)7(5,2)3/h4-6H,1-3H3. The number of hydrogen-bond donors (Lipinski definition) is 0. The van der Waals surface area contributed by atoms with Gasteiger partial charge < -0.3 is 0 Å². The van der Waals surface area contributed by atoms with Crippen LogP contribution in [-0.4, -0.2) is 0 Å². The average Bonchev–Trinajstić information content (AvgIpc) is 2.26. The van der Waals surface area contributed by atoms with Crippen molar-refractivity contribution in [1.29, 1.82) is 0 Å². The van der Waals surface area contributed by atoms with Crippen LogP contribution in [0, 0.1) is 23.2 Å². The van der Waals surface area contributed by atoms with Crippen LogP contribution in [0.1, 0.15) is 20.8 Å². The van der Waals surface area contributed by atoms with Gasteiger partial charge in [-0.15, -0.1) is 0 Å². The molecule has 0 saturated heterocycles. The monoisotopic (exact) mass is 96.1 g/mol. The van der Waals surface area contributed by atoms with Gasteiger partial charge >= 0.3 is 0 Å². The van der Waals surface area contributed by atoms with Gasteiger partial charge in [0.1, 0.15) is 0 Å². The SMILES string of the molecule is CC1C2C1C2(C)C. The van der Waals surface area contributed by atoms with E-state index in [0.717, 1.165) is 23.2 Å². The van der Waals surface area contributed by atoms with E-state index in [1.807, 2.05) is 0 Å². The van der Waals surface area contributed by atoms with Crippen molar-refractivity contribution in [2.75, 3.05) is 0 Å². The molecule has 40 valence electrons. The minimum atomic E-state index is 0.777. The van der Waals surface area contributed by atoms with Crippen LogP contribution in [0.5, 0.6) is 0 Å². The van der Waals surface area contributed by atoms with Gasteiger partial charge in [-0.2, -0.15) is 0 Å². The molecule has 0 N–H and O–H groups in total. The van der Waals surface area contributed by atoms with Gasteiger partial charge in [-0.1, -0.05) is 20.8 Å². The quantitative estimate of drug-likeness (QED) is 0.432. The molecule has 0 radical (unpaired) electrons. The maximum absolute atomic E-state index is 2.38. The Morgan fingerprint density at radius 3 is 1.57 bits per heavy atom. The second kappa shape index (κ2) is 0.667. The highest BCUT2D eigenvalue weighted by Gasteiger charge is 2.76. The Hall–Kier alpha value is 0. The van der Waals surface area contributed by atoms with Crippen molar-refractivity contribution in [2.45, 2.75) is 20.8 Å². The number of rotatable bonds is 0. The molecule has 2 fully saturated rings. The lowest BCUT2D eigenvalue weighted by atomic mass is 9.94.